The lowest BCUT2D eigenvalue weighted by Crippen LogP contribution is -1.83. The van der Waals surface area contributed by atoms with Crippen LogP contribution in [0.15, 0.2) is 17.5 Å². The van der Waals surface area contributed by atoms with Crippen molar-refractivity contribution >= 4 is 43.0 Å². The molecule has 0 spiro atoms. The smallest absolute Gasteiger partial charge is 0.126 e. The maximum Gasteiger partial charge on any atom is 0.126 e. The first-order valence-corrected chi connectivity index (χ1v) is 5.77. The minimum absolute atomic E-state index is 0.269. The Bertz CT molecular complexity index is 452. The molecule has 3 N–H and O–H groups in total. The highest BCUT2D eigenvalue weighted by atomic mass is 79.9. The predicted octanol–water partition coefficient (Wildman–Crippen LogP) is 3.08. The summed E-state index contributed by atoms with van der Waals surface area (Å²) in [4.78, 5) is 0. The van der Waals surface area contributed by atoms with E-state index in [-0.39, 0.29) is 5.75 Å². The number of thiophene rings is 1. The van der Waals surface area contributed by atoms with Crippen LogP contribution in [0.4, 0.5) is 5.69 Å². The number of alkyl halides is 1. The Morgan fingerprint density at radius 3 is 2.92 bits per heavy atom. The highest BCUT2D eigenvalue weighted by molar-refractivity contribution is 9.08. The molecule has 0 atom stereocenters. The van der Waals surface area contributed by atoms with Gasteiger partial charge >= 0.3 is 0 Å². The largest absolute Gasteiger partial charge is 0.507 e. The minimum atomic E-state index is 0.269. The number of rotatable bonds is 1. The summed E-state index contributed by atoms with van der Waals surface area (Å²) in [7, 11) is 0. The topological polar surface area (TPSA) is 46.2 Å². The van der Waals surface area contributed by atoms with Crippen LogP contribution in [0.5, 0.6) is 5.75 Å². The van der Waals surface area contributed by atoms with Crippen molar-refractivity contribution in [2.24, 2.45) is 0 Å². The average molecular weight is 258 g/mol. The number of benzene rings is 1. The molecule has 1 aromatic carbocycles. The van der Waals surface area contributed by atoms with Crippen LogP contribution in [0.1, 0.15) is 5.56 Å². The summed E-state index contributed by atoms with van der Waals surface area (Å²) in [5, 5.41) is 13.4. The molecule has 0 aliphatic rings. The molecule has 0 saturated heterocycles. The van der Waals surface area contributed by atoms with Gasteiger partial charge in [0.15, 0.2) is 0 Å². The number of hydrogen-bond acceptors (Lipinski definition) is 3. The van der Waals surface area contributed by atoms with Crippen LogP contribution < -0.4 is 5.73 Å². The van der Waals surface area contributed by atoms with Gasteiger partial charge in [-0.2, -0.15) is 0 Å². The van der Waals surface area contributed by atoms with Crippen LogP contribution in [0.2, 0.25) is 0 Å². The van der Waals surface area contributed by atoms with Crippen molar-refractivity contribution in [3.8, 4) is 5.75 Å². The Hall–Kier alpha value is -0.740. The molecule has 0 bridgehead atoms. The zero-order valence-corrected chi connectivity index (χ0v) is 9.15. The van der Waals surface area contributed by atoms with E-state index in [0.29, 0.717) is 5.69 Å². The highest BCUT2D eigenvalue weighted by Gasteiger charge is 2.08. The molecule has 0 saturated carbocycles. The summed E-state index contributed by atoms with van der Waals surface area (Å²) in [6.07, 6.45) is 0. The monoisotopic (exact) mass is 257 g/mol. The van der Waals surface area contributed by atoms with Gasteiger partial charge in [-0.3, -0.25) is 0 Å². The number of anilines is 1. The van der Waals surface area contributed by atoms with Gasteiger partial charge in [-0.05, 0) is 17.0 Å². The van der Waals surface area contributed by atoms with Gasteiger partial charge in [-0.1, -0.05) is 15.9 Å². The first kappa shape index (κ1) is 8.84. The van der Waals surface area contributed by atoms with E-state index in [1.807, 2.05) is 11.4 Å². The van der Waals surface area contributed by atoms with Gasteiger partial charge in [0.1, 0.15) is 5.75 Å². The van der Waals surface area contributed by atoms with Crippen molar-refractivity contribution in [1.82, 2.24) is 0 Å². The molecule has 0 amide bonds. The van der Waals surface area contributed by atoms with Crippen LogP contribution in [-0.4, -0.2) is 5.11 Å². The molecule has 2 nitrogen and oxygen atoms in total. The molecule has 1 heterocycles. The van der Waals surface area contributed by atoms with Gasteiger partial charge in [-0.25, -0.2) is 0 Å². The summed E-state index contributed by atoms with van der Waals surface area (Å²) in [5.41, 5.74) is 7.32. The number of nitrogen functional groups attached to an aromatic ring is 1. The van der Waals surface area contributed by atoms with Gasteiger partial charge in [0.25, 0.3) is 0 Å². The van der Waals surface area contributed by atoms with Gasteiger partial charge in [0.2, 0.25) is 0 Å². The summed E-state index contributed by atoms with van der Waals surface area (Å²) >= 11 is 4.97. The molecule has 2 rings (SSSR count). The van der Waals surface area contributed by atoms with E-state index in [2.05, 4.69) is 15.9 Å². The maximum absolute atomic E-state index is 9.66. The third-order valence-corrected chi connectivity index (χ3v) is 3.48. The van der Waals surface area contributed by atoms with E-state index in [1.165, 1.54) is 0 Å². The van der Waals surface area contributed by atoms with E-state index >= 15 is 0 Å². The first-order chi connectivity index (χ1) is 6.22. The summed E-state index contributed by atoms with van der Waals surface area (Å²) in [6.45, 7) is 0. The molecular formula is C9H8BrNOS. The molecule has 0 aliphatic heterocycles. The van der Waals surface area contributed by atoms with E-state index in [4.69, 9.17) is 5.73 Å². The number of nitrogens with two attached hydrogens (primary N) is 1. The van der Waals surface area contributed by atoms with Gasteiger partial charge in [0, 0.05) is 27.2 Å². The number of aromatic hydroxyl groups is 1. The zero-order chi connectivity index (χ0) is 9.42. The Balaban J connectivity index is 2.82. The fraction of sp³-hybridized carbons (Fsp3) is 0.111. The van der Waals surface area contributed by atoms with Crippen molar-refractivity contribution < 1.29 is 5.11 Å². The third kappa shape index (κ3) is 1.40. The van der Waals surface area contributed by atoms with Gasteiger partial charge in [-0.15, -0.1) is 11.3 Å². The standard InChI is InChI=1S/C9H8BrNOS/c10-3-5-4-13-8-2-6(11)1-7(12)9(5)8/h1-2,4,12H,3,11H2. The number of phenols is 1. The van der Waals surface area contributed by atoms with Crippen molar-refractivity contribution in [3.63, 3.8) is 0 Å². The van der Waals surface area contributed by atoms with Crippen molar-refractivity contribution in [2.45, 2.75) is 5.33 Å². The lowest BCUT2D eigenvalue weighted by atomic mass is 10.1. The van der Waals surface area contributed by atoms with Crippen LogP contribution >= 0.6 is 27.3 Å². The lowest BCUT2D eigenvalue weighted by Gasteiger charge is -1.99. The zero-order valence-electron chi connectivity index (χ0n) is 6.75. The van der Waals surface area contributed by atoms with E-state index < -0.39 is 0 Å². The van der Waals surface area contributed by atoms with E-state index in [1.54, 1.807) is 17.4 Å². The third-order valence-electron chi connectivity index (χ3n) is 1.90. The van der Waals surface area contributed by atoms with Crippen molar-refractivity contribution in [1.29, 1.82) is 0 Å². The van der Waals surface area contributed by atoms with Crippen LogP contribution in [0, 0.1) is 0 Å². The van der Waals surface area contributed by atoms with Crippen LogP contribution in [0.25, 0.3) is 10.1 Å². The molecular weight excluding hydrogens is 250 g/mol. The minimum Gasteiger partial charge on any atom is -0.507 e. The molecule has 0 aliphatic carbocycles. The molecule has 2 aromatic rings. The summed E-state index contributed by atoms with van der Waals surface area (Å²) in [5.74, 6) is 0.269. The SMILES string of the molecule is Nc1cc(O)c2c(CBr)csc2c1. The second kappa shape index (κ2) is 3.20. The lowest BCUT2D eigenvalue weighted by molar-refractivity contribution is 0.482. The molecule has 13 heavy (non-hydrogen) atoms. The normalized spacial score (nSPS) is 10.8. The molecule has 4 heteroatoms. The highest BCUT2D eigenvalue weighted by Crippen LogP contribution is 2.36. The Kier molecular flexibility index (Phi) is 2.17. The molecule has 0 fully saturated rings. The second-order valence-electron chi connectivity index (χ2n) is 2.81. The average Bonchev–Trinajstić information content (AvgIpc) is 2.47. The molecule has 68 valence electrons. The molecule has 0 radical (unpaired) electrons. The first-order valence-electron chi connectivity index (χ1n) is 3.77. The number of hydrogen-bond donors (Lipinski definition) is 2. The number of halogens is 1. The summed E-state index contributed by atoms with van der Waals surface area (Å²) in [6, 6.07) is 3.47. The van der Waals surface area contributed by atoms with E-state index in [0.717, 1.165) is 21.0 Å². The molecule has 0 unspecified atom stereocenters. The Morgan fingerprint density at radius 2 is 2.23 bits per heavy atom. The van der Waals surface area contributed by atoms with Crippen molar-refractivity contribution in [3.05, 3.63) is 23.1 Å². The summed E-state index contributed by atoms with van der Waals surface area (Å²) < 4.78 is 1.03. The Morgan fingerprint density at radius 1 is 1.46 bits per heavy atom. The quantitative estimate of drug-likeness (QED) is 0.610. The van der Waals surface area contributed by atoms with Crippen LogP contribution in [0.3, 0.4) is 0 Å². The predicted molar refractivity (Wildman–Crippen MR) is 60.5 cm³/mol. The van der Waals surface area contributed by atoms with Crippen LogP contribution in [-0.2, 0) is 5.33 Å². The maximum atomic E-state index is 9.66. The Labute approximate surface area is 88.1 Å². The number of phenolic OH excluding ortho intramolecular Hbond substituents is 1. The van der Waals surface area contributed by atoms with Crippen molar-refractivity contribution in [2.75, 3.05) is 5.73 Å². The number of fused-ring (bicyclic) bond motifs is 1. The van der Waals surface area contributed by atoms with Gasteiger partial charge < -0.3 is 10.8 Å². The van der Waals surface area contributed by atoms with Gasteiger partial charge in [0.05, 0.1) is 0 Å². The fourth-order valence-corrected chi connectivity index (χ4v) is 3.01. The fourth-order valence-electron chi connectivity index (χ4n) is 1.33. The second-order valence-corrected chi connectivity index (χ2v) is 4.28. The molecule has 1 aromatic heterocycles. The van der Waals surface area contributed by atoms with E-state index in [9.17, 15) is 5.11 Å².